The number of benzene rings is 1. The van der Waals surface area contributed by atoms with E-state index in [0.29, 0.717) is 54.4 Å². The van der Waals surface area contributed by atoms with E-state index in [2.05, 4.69) is 32.5 Å². The molecule has 3 aromatic heterocycles. The summed E-state index contributed by atoms with van der Waals surface area (Å²) in [7, 11) is 1.53. The van der Waals surface area contributed by atoms with Gasteiger partial charge >= 0.3 is 12.0 Å². The van der Waals surface area contributed by atoms with E-state index in [1.807, 2.05) is 0 Å². The number of amides is 3. The number of rotatable bonds is 13. The summed E-state index contributed by atoms with van der Waals surface area (Å²) in [5, 5.41) is 18.7. The van der Waals surface area contributed by atoms with Crippen LogP contribution in [0, 0.1) is 0 Å². The fourth-order valence-electron chi connectivity index (χ4n) is 4.38. The lowest BCUT2D eigenvalue weighted by molar-refractivity contribution is 0.0484. The second kappa shape index (κ2) is 14.3. The quantitative estimate of drug-likeness (QED) is 0.127. The summed E-state index contributed by atoms with van der Waals surface area (Å²) in [6.07, 6.45) is 3.82. The van der Waals surface area contributed by atoms with Gasteiger partial charge < -0.3 is 25.0 Å². The third kappa shape index (κ3) is 7.15. The molecule has 0 saturated heterocycles. The third-order valence-corrected chi connectivity index (χ3v) is 7.48. The molecule has 4 N–H and O–H groups in total. The Labute approximate surface area is 255 Å². The average Bonchev–Trinajstić information content (AvgIpc) is 3.52. The molecule has 1 aromatic carbocycles. The molecule has 0 aliphatic carbocycles. The number of aliphatic hydroxyl groups excluding tert-OH is 1. The van der Waals surface area contributed by atoms with Crippen LogP contribution in [0.25, 0.3) is 32.6 Å². The first-order valence-corrected chi connectivity index (χ1v) is 14.6. The van der Waals surface area contributed by atoms with Gasteiger partial charge in [0.1, 0.15) is 22.1 Å². The highest BCUT2D eigenvalue weighted by atomic mass is 32.1. The maximum atomic E-state index is 14.4. The summed E-state index contributed by atoms with van der Waals surface area (Å²) in [4.78, 5) is 46.9. The van der Waals surface area contributed by atoms with Gasteiger partial charge in [0.05, 0.1) is 12.1 Å². The molecule has 44 heavy (non-hydrogen) atoms. The van der Waals surface area contributed by atoms with Crippen molar-refractivity contribution in [1.82, 2.24) is 25.2 Å². The molecule has 4 aromatic rings. The summed E-state index contributed by atoms with van der Waals surface area (Å²) >= 11 is 0.998. The highest BCUT2D eigenvalue weighted by Crippen LogP contribution is 2.39. The van der Waals surface area contributed by atoms with E-state index in [4.69, 9.17) is 9.84 Å². The number of urea groups is 1. The summed E-state index contributed by atoms with van der Waals surface area (Å²) in [5.74, 6) is -3.72. The summed E-state index contributed by atoms with van der Waals surface area (Å²) in [6, 6.07) is 6.05. The number of carbonyl (C=O) groups is 2. The number of carbonyl (C=O) groups excluding carboxylic acids is 2. The number of thiazole rings is 1. The number of nitrogens with zero attached hydrogens (tertiary/aromatic N) is 3. The monoisotopic (exact) mass is 626 g/mol. The molecule has 11 nitrogen and oxygen atoms in total. The smallest absolute Gasteiger partial charge is 0.320 e. The van der Waals surface area contributed by atoms with Gasteiger partial charge in [-0.25, -0.2) is 14.8 Å². The minimum atomic E-state index is -3.34. The lowest BCUT2D eigenvalue weighted by Gasteiger charge is -2.16. The standard InChI is InChI=1S/C30H32F2N6O5S/c1-4-30(31,32)24-17-44-28(36-24)20-14-25(37-29(42)33-5-2)35-15-21(20)18-7-8-19-23(13-18)38(10-12-43-3)16-22(26(19)40)27(41)34-9-6-11-39/h4,7-8,13-17,39H,1,5-6,9-12H2,2-3H3,(H,34,41)(H2,33,35,37,42). The van der Waals surface area contributed by atoms with Gasteiger partial charge in [0.15, 0.2) is 0 Å². The largest absolute Gasteiger partial charge is 0.396 e. The molecule has 3 amide bonds. The number of nitrogens with one attached hydrogen (secondary N) is 3. The summed E-state index contributed by atoms with van der Waals surface area (Å²) < 4.78 is 35.7. The van der Waals surface area contributed by atoms with Gasteiger partial charge in [-0.15, -0.1) is 11.3 Å². The van der Waals surface area contributed by atoms with Crippen molar-refractivity contribution in [3.63, 3.8) is 0 Å². The lowest BCUT2D eigenvalue weighted by Crippen LogP contribution is -2.31. The fraction of sp³-hybridized carbons (Fsp3) is 0.300. The van der Waals surface area contributed by atoms with Crippen molar-refractivity contribution in [3.8, 4) is 21.7 Å². The maximum absolute atomic E-state index is 14.4. The molecule has 3 heterocycles. The van der Waals surface area contributed by atoms with Gasteiger partial charge in [0.25, 0.3) is 5.91 Å². The van der Waals surface area contributed by atoms with Crippen LogP contribution < -0.4 is 21.4 Å². The van der Waals surface area contributed by atoms with Gasteiger partial charge in [-0.05, 0) is 43.2 Å². The molecule has 0 saturated carbocycles. The normalized spacial score (nSPS) is 11.4. The molecule has 0 bridgehead atoms. The van der Waals surface area contributed by atoms with Crippen molar-refractivity contribution in [3.05, 3.63) is 76.2 Å². The predicted octanol–water partition coefficient (Wildman–Crippen LogP) is 4.36. The molecule has 0 radical (unpaired) electrons. The van der Waals surface area contributed by atoms with Crippen molar-refractivity contribution in [1.29, 1.82) is 0 Å². The van der Waals surface area contributed by atoms with E-state index in [1.165, 1.54) is 24.9 Å². The molecular formula is C30H32F2N6O5S. The van der Waals surface area contributed by atoms with Gasteiger partial charge in [-0.1, -0.05) is 12.6 Å². The first-order valence-electron chi connectivity index (χ1n) is 13.7. The van der Waals surface area contributed by atoms with Crippen molar-refractivity contribution < 1.29 is 28.2 Å². The molecule has 4 rings (SSSR count). The number of pyridine rings is 2. The number of alkyl halides is 2. The number of anilines is 1. The van der Waals surface area contributed by atoms with Gasteiger partial charge in [-0.3, -0.25) is 14.9 Å². The summed E-state index contributed by atoms with van der Waals surface area (Å²) in [6.45, 7) is 6.07. The van der Waals surface area contributed by atoms with Crippen molar-refractivity contribution in [2.75, 3.05) is 38.7 Å². The van der Waals surface area contributed by atoms with E-state index in [-0.39, 0.29) is 34.9 Å². The van der Waals surface area contributed by atoms with Gasteiger partial charge in [-0.2, -0.15) is 8.78 Å². The fourth-order valence-corrected chi connectivity index (χ4v) is 5.26. The minimum Gasteiger partial charge on any atom is -0.396 e. The van der Waals surface area contributed by atoms with Crippen LogP contribution in [0.5, 0.6) is 0 Å². The Bertz CT molecular complexity index is 1740. The predicted molar refractivity (Wildman–Crippen MR) is 165 cm³/mol. The molecule has 14 heteroatoms. The zero-order valence-corrected chi connectivity index (χ0v) is 25.0. The van der Waals surface area contributed by atoms with E-state index in [0.717, 1.165) is 11.3 Å². The van der Waals surface area contributed by atoms with Crippen LogP contribution in [-0.4, -0.2) is 65.0 Å². The Balaban J connectivity index is 1.87. The third-order valence-electron chi connectivity index (χ3n) is 6.61. The number of aromatic nitrogens is 3. The number of hydrogen-bond acceptors (Lipinski definition) is 8. The van der Waals surface area contributed by atoms with Gasteiger partial charge in [0, 0.05) is 67.6 Å². The first-order chi connectivity index (χ1) is 21.1. The van der Waals surface area contributed by atoms with E-state index in [1.54, 1.807) is 35.8 Å². The van der Waals surface area contributed by atoms with Crippen molar-refractivity contribution >= 4 is 40.0 Å². The van der Waals surface area contributed by atoms with Crippen molar-refractivity contribution in [2.45, 2.75) is 25.8 Å². The zero-order valence-electron chi connectivity index (χ0n) is 24.2. The van der Waals surface area contributed by atoms with Crippen LogP contribution in [0.4, 0.5) is 19.4 Å². The number of allylic oxidation sites excluding steroid dienone is 1. The number of ether oxygens (including phenoxy) is 1. The van der Waals surface area contributed by atoms with Crippen LogP contribution >= 0.6 is 11.3 Å². The van der Waals surface area contributed by atoms with E-state index < -0.39 is 29.0 Å². The number of methoxy groups -OCH3 is 1. The average molecular weight is 627 g/mol. The molecule has 0 spiro atoms. The zero-order chi connectivity index (χ0) is 31.9. The first kappa shape index (κ1) is 32.4. The highest BCUT2D eigenvalue weighted by Gasteiger charge is 2.31. The minimum absolute atomic E-state index is 0.0547. The molecule has 0 fully saturated rings. The Morgan fingerprint density at radius 2 is 2.02 bits per heavy atom. The summed E-state index contributed by atoms with van der Waals surface area (Å²) in [5.41, 5.74) is 1.02. The number of halogens is 2. The lowest BCUT2D eigenvalue weighted by atomic mass is 9.99. The van der Waals surface area contributed by atoms with E-state index in [9.17, 15) is 23.2 Å². The maximum Gasteiger partial charge on any atom is 0.320 e. The number of fused-ring (bicyclic) bond motifs is 1. The molecule has 232 valence electrons. The van der Waals surface area contributed by atoms with Crippen LogP contribution in [0.2, 0.25) is 0 Å². The van der Waals surface area contributed by atoms with Crippen LogP contribution in [-0.2, 0) is 17.2 Å². The second-order valence-electron chi connectivity index (χ2n) is 9.59. The highest BCUT2D eigenvalue weighted by molar-refractivity contribution is 7.13. The topological polar surface area (TPSA) is 147 Å². The Kier molecular flexibility index (Phi) is 10.5. The van der Waals surface area contributed by atoms with Crippen LogP contribution in [0.3, 0.4) is 0 Å². The number of aliphatic hydroxyl groups is 1. The van der Waals surface area contributed by atoms with Crippen LogP contribution in [0.1, 0.15) is 29.4 Å². The van der Waals surface area contributed by atoms with Gasteiger partial charge in [0.2, 0.25) is 5.43 Å². The molecule has 0 atom stereocenters. The van der Waals surface area contributed by atoms with E-state index >= 15 is 0 Å². The second-order valence-corrected chi connectivity index (χ2v) is 10.4. The Morgan fingerprint density at radius 1 is 1.23 bits per heavy atom. The molecule has 0 aliphatic heterocycles. The molecule has 0 aliphatic rings. The SMILES string of the molecule is C=CC(F)(F)c1csc(-c2cc(NC(=O)NCC)ncc2-c2ccc3c(=O)c(C(=O)NCCCO)cn(CCOC)c3c2)n1. The van der Waals surface area contributed by atoms with Crippen molar-refractivity contribution in [2.24, 2.45) is 0 Å². The number of hydrogen-bond donors (Lipinski definition) is 4. The molecular weight excluding hydrogens is 594 g/mol. The molecule has 0 unspecified atom stereocenters. The van der Waals surface area contributed by atoms with Crippen LogP contribution in [0.15, 0.2) is 59.5 Å². The Hall–Kier alpha value is -4.53. The Morgan fingerprint density at radius 3 is 2.73 bits per heavy atom.